The molecule has 3 nitrogen and oxygen atoms in total. The van der Waals surface area contributed by atoms with E-state index in [4.69, 9.17) is 0 Å². The maximum Gasteiger partial charge on any atom is 0.513 e. The first-order valence-corrected chi connectivity index (χ1v) is 4.38. The van der Waals surface area contributed by atoms with Crippen LogP contribution in [0.25, 0.3) is 6.08 Å². The van der Waals surface area contributed by atoms with Crippen LogP contribution in [0.3, 0.4) is 0 Å². The van der Waals surface area contributed by atoms with E-state index in [1.54, 1.807) is 13.0 Å². The van der Waals surface area contributed by atoms with Gasteiger partial charge in [0.15, 0.2) is 0 Å². The zero-order valence-corrected chi connectivity index (χ0v) is 7.97. The van der Waals surface area contributed by atoms with E-state index >= 15 is 0 Å². The lowest BCUT2D eigenvalue weighted by Crippen LogP contribution is -2.02. The monoisotopic (exact) mass is 192 g/mol. The summed E-state index contributed by atoms with van der Waals surface area (Å²) in [4.78, 5) is 10.7. The summed E-state index contributed by atoms with van der Waals surface area (Å²) in [5, 5.41) is 0. The molecule has 0 radical (unpaired) electrons. The maximum absolute atomic E-state index is 10.7. The van der Waals surface area contributed by atoms with Gasteiger partial charge in [-0.3, -0.25) is 0 Å². The normalized spacial score (nSPS) is 10.1. The van der Waals surface area contributed by atoms with Gasteiger partial charge in [-0.05, 0) is 18.6 Å². The first kappa shape index (κ1) is 10.3. The summed E-state index contributed by atoms with van der Waals surface area (Å²) in [6, 6.07) is 9.55. The molecule has 0 saturated heterocycles. The standard InChI is InChI=1S/C11H12O3/c1-2-13-11(12)14-9-8-10-6-4-3-5-7-10/h3-9H,2H2,1H3. The third kappa shape index (κ3) is 3.76. The van der Waals surface area contributed by atoms with Gasteiger partial charge in [-0.1, -0.05) is 30.3 Å². The van der Waals surface area contributed by atoms with Crippen molar-refractivity contribution in [1.29, 1.82) is 0 Å². The van der Waals surface area contributed by atoms with E-state index in [9.17, 15) is 4.79 Å². The molecular weight excluding hydrogens is 180 g/mol. The van der Waals surface area contributed by atoms with Gasteiger partial charge in [-0.15, -0.1) is 0 Å². The highest BCUT2D eigenvalue weighted by Crippen LogP contribution is 2.01. The van der Waals surface area contributed by atoms with Gasteiger partial charge in [0.05, 0.1) is 12.9 Å². The van der Waals surface area contributed by atoms with Crippen molar-refractivity contribution in [2.24, 2.45) is 0 Å². The van der Waals surface area contributed by atoms with E-state index in [1.807, 2.05) is 30.3 Å². The number of ether oxygens (including phenoxy) is 2. The van der Waals surface area contributed by atoms with Crippen molar-refractivity contribution in [2.45, 2.75) is 6.92 Å². The first-order chi connectivity index (χ1) is 6.83. The van der Waals surface area contributed by atoms with Crippen molar-refractivity contribution in [3.05, 3.63) is 42.2 Å². The average molecular weight is 192 g/mol. The molecule has 0 heterocycles. The topological polar surface area (TPSA) is 35.5 Å². The van der Waals surface area contributed by atoms with Crippen LogP contribution in [0.15, 0.2) is 36.6 Å². The molecule has 3 heteroatoms. The molecule has 1 rings (SSSR count). The van der Waals surface area contributed by atoms with Gasteiger partial charge in [-0.25, -0.2) is 4.79 Å². The molecule has 0 spiro atoms. The van der Waals surface area contributed by atoms with Crippen LogP contribution >= 0.6 is 0 Å². The molecule has 14 heavy (non-hydrogen) atoms. The summed E-state index contributed by atoms with van der Waals surface area (Å²) >= 11 is 0. The SMILES string of the molecule is CCOC(=O)OC=Cc1ccccc1. The summed E-state index contributed by atoms with van der Waals surface area (Å²) < 4.78 is 9.21. The number of carbonyl (C=O) groups excluding carboxylic acids is 1. The smallest absolute Gasteiger partial charge is 0.434 e. The molecule has 1 aromatic rings. The molecule has 74 valence electrons. The number of hydrogen-bond donors (Lipinski definition) is 0. The number of rotatable bonds is 3. The van der Waals surface area contributed by atoms with Crippen molar-refractivity contribution < 1.29 is 14.3 Å². The highest BCUT2D eigenvalue weighted by atomic mass is 16.7. The minimum absolute atomic E-state index is 0.317. The lowest BCUT2D eigenvalue weighted by Gasteiger charge is -1.97. The lowest BCUT2D eigenvalue weighted by molar-refractivity contribution is 0.0899. The quantitative estimate of drug-likeness (QED) is 0.545. The summed E-state index contributed by atoms with van der Waals surface area (Å²) in [6.07, 6.45) is 2.32. The predicted octanol–water partition coefficient (Wildman–Crippen LogP) is 2.83. The maximum atomic E-state index is 10.7. The fourth-order valence-corrected chi connectivity index (χ4v) is 0.884. The summed E-state index contributed by atoms with van der Waals surface area (Å²) in [5.41, 5.74) is 0.969. The van der Waals surface area contributed by atoms with Crippen LogP contribution in [-0.4, -0.2) is 12.8 Å². The van der Waals surface area contributed by atoms with Crippen molar-refractivity contribution >= 4 is 12.2 Å². The van der Waals surface area contributed by atoms with Crippen molar-refractivity contribution in [2.75, 3.05) is 6.61 Å². The Bertz CT molecular complexity index is 304. The van der Waals surface area contributed by atoms with Gasteiger partial charge in [0, 0.05) is 0 Å². The Kier molecular flexibility index (Phi) is 4.27. The summed E-state index contributed by atoms with van der Waals surface area (Å²) in [6.45, 7) is 2.04. The molecule has 0 amide bonds. The highest BCUT2D eigenvalue weighted by Gasteiger charge is 1.96. The number of hydrogen-bond acceptors (Lipinski definition) is 3. The zero-order valence-electron chi connectivity index (χ0n) is 7.97. The Hall–Kier alpha value is -1.77. The second-order valence-corrected chi connectivity index (χ2v) is 2.51. The minimum Gasteiger partial charge on any atom is -0.434 e. The van der Waals surface area contributed by atoms with Gasteiger partial charge >= 0.3 is 6.16 Å². The van der Waals surface area contributed by atoms with Crippen molar-refractivity contribution in [3.8, 4) is 0 Å². The van der Waals surface area contributed by atoms with E-state index in [-0.39, 0.29) is 0 Å². The fraction of sp³-hybridized carbons (Fsp3) is 0.182. The van der Waals surface area contributed by atoms with Gasteiger partial charge in [0.1, 0.15) is 0 Å². The summed E-state index contributed by atoms with van der Waals surface area (Å²) in [5.74, 6) is 0. The van der Waals surface area contributed by atoms with Crippen LogP contribution in [0.5, 0.6) is 0 Å². The van der Waals surface area contributed by atoms with E-state index in [0.717, 1.165) is 5.56 Å². The Morgan fingerprint density at radius 3 is 2.71 bits per heavy atom. The minimum atomic E-state index is -0.681. The Balaban J connectivity index is 2.38. The molecule has 0 aliphatic carbocycles. The van der Waals surface area contributed by atoms with Gasteiger partial charge in [0.25, 0.3) is 0 Å². The molecule has 0 atom stereocenters. The molecule has 0 aliphatic heterocycles. The van der Waals surface area contributed by atoms with Gasteiger partial charge < -0.3 is 9.47 Å². The molecule has 0 unspecified atom stereocenters. The van der Waals surface area contributed by atoms with Crippen molar-refractivity contribution in [3.63, 3.8) is 0 Å². The van der Waals surface area contributed by atoms with Crippen LogP contribution in [0.1, 0.15) is 12.5 Å². The van der Waals surface area contributed by atoms with E-state index in [0.29, 0.717) is 6.61 Å². The van der Waals surface area contributed by atoms with Crippen LogP contribution < -0.4 is 0 Å². The van der Waals surface area contributed by atoms with Crippen LogP contribution in [-0.2, 0) is 9.47 Å². The molecule has 0 N–H and O–H groups in total. The molecule has 1 aromatic carbocycles. The van der Waals surface area contributed by atoms with E-state index in [2.05, 4.69) is 9.47 Å². The third-order valence-corrected chi connectivity index (χ3v) is 1.49. The van der Waals surface area contributed by atoms with Gasteiger partial charge in [-0.2, -0.15) is 0 Å². The number of benzene rings is 1. The van der Waals surface area contributed by atoms with E-state index in [1.165, 1.54) is 6.26 Å². The molecule has 0 bridgehead atoms. The summed E-state index contributed by atoms with van der Waals surface area (Å²) in [7, 11) is 0. The first-order valence-electron chi connectivity index (χ1n) is 4.38. The highest BCUT2D eigenvalue weighted by molar-refractivity contribution is 5.62. The third-order valence-electron chi connectivity index (χ3n) is 1.49. The second-order valence-electron chi connectivity index (χ2n) is 2.51. The Labute approximate surface area is 83.0 Å². The Morgan fingerprint density at radius 1 is 1.36 bits per heavy atom. The van der Waals surface area contributed by atoms with Crippen LogP contribution in [0, 0.1) is 0 Å². The fourth-order valence-electron chi connectivity index (χ4n) is 0.884. The molecule has 0 aliphatic rings. The molecule has 0 fully saturated rings. The molecule has 0 aromatic heterocycles. The van der Waals surface area contributed by atoms with Crippen molar-refractivity contribution in [1.82, 2.24) is 0 Å². The molecule has 0 saturated carbocycles. The van der Waals surface area contributed by atoms with Crippen LogP contribution in [0.2, 0.25) is 0 Å². The zero-order chi connectivity index (χ0) is 10.2. The largest absolute Gasteiger partial charge is 0.513 e. The molecular formula is C11H12O3. The lowest BCUT2D eigenvalue weighted by atomic mass is 10.2. The van der Waals surface area contributed by atoms with Gasteiger partial charge in [0.2, 0.25) is 0 Å². The number of carbonyl (C=O) groups is 1. The van der Waals surface area contributed by atoms with Crippen LogP contribution in [0.4, 0.5) is 4.79 Å². The second kappa shape index (κ2) is 5.80. The average Bonchev–Trinajstić information content (AvgIpc) is 2.20. The van der Waals surface area contributed by atoms with E-state index < -0.39 is 6.16 Å². The predicted molar refractivity (Wildman–Crippen MR) is 53.6 cm³/mol. The Morgan fingerprint density at radius 2 is 2.07 bits per heavy atom.